The van der Waals surface area contributed by atoms with Crippen LogP contribution in [0.5, 0.6) is 11.5 Å². The van der Waals surface area contributed by atoms with Crippen LogP contribution in [0.25, 0.3) is 0 Å². The van der Waals surface area contributed by atoms with Crippen LogP contribution in [0.1, 0.15) is 55.3 Å². The Kier molecular flexibility index (Phi) is 9.59. The van der Waals surface area contributed by atoms with E-state index in [-0.39, 0.29) is 42.6 Å². The summed E-state index contributed by atoms with van der Waals surface area (Å²) in [6, 6.07) is 2.75. The fraction of sp³-hybridized carbons (Fsp3) is 0.593. The number of nitrogens with zero attached hydrogens (tertiary/aromatic N) is 2. The number of anilines is 1. The van der Waals surface area contributed by atoms with Crippen LogP contribution in [0, 0.1) is 0 Å². The second kappa shape index (κ2) is 13.1. The minimum atomic E-state index is -0.841. The lowest BCUT2D eigenvalue weighted by atomic mass is 10.1. The molecule has 2 amide bonds. The molecule has 0 saturated carbocycles. The summed E-state index contributed by atoms with van der Waals surface area (Å²) >= 11 is 0. The summed E-state index contributed by atoms with van der Waals surface area (Å²) in [5.41, 5.74) is 0.546. The van der Waals surface area contributed by atoms with Crippen molar-refractivity contribution in [2.24, 2.45) is 0 Å². The molecule has 0 radical (unpaired) electrons. The van der Waals surface area contributed by atoms with Gasteiger partial charge in [0.05, 0.1) is 31.0 Å². The summed E-state index contributed by atoms with van der Waals surface area (Å²) in [6.07, 6.45) is 3.97. The molecule has 0 aliphatic carbocycles. The fourth-order valence-electron chi connectivity index (χ4n) is 5.06. The number of hydrogen-bond donors (Lipinski definition) is 1. The number of hydrogen-bond acceptors (Lipinski definition) is 9. The molecular formula is C27H36N2O9. The van der Waals surface area contributed by atoms with Crippen LogP contribution < -0.4 is 14.4 Å². The number of benzene rings is 1. The summed E-state index contributed by atoms with van der Waals surface area (Å²) in [4.78, 5) is 41.9. The number of carbonyl (C=O) groups is 3. The molecule has 208 valence electrons. The quantitative estimate of drug-likeness (QED) is 0.338. The summed E-state index contributed by atoms with van der Waals surface area (Å²) in [6.45, 7) is 4.36. The molecule has 3 atom stereocenters. The van der Waals surface area contributed by atoms with Gasteiger partial charge in [0.1, 0.15) is 13.2 Å². The topological polar surface area (TPSA) is 124 Å². The lowest BCUT2D eigenvalue weighted by molar-refractivity contribution is -0.195. The first-order valence-electron chi connectivity index (χ1n) is 13.1. The number of ether oxygens (including phenoxy) is 5. The van der Waals surface area contributed by atoms with E-state index in [1.807, 2.05) is 0 Å². The zero-order valence-electron chi connectivity index (χ0n) is 21.8. The van der Waals surface area contributed by atoms with Gasteiger partial charge in [0.2, 0.25) is 0 Å². The first-order valence-corrected chi connectivity index (χ1v) is 13.1. The minimum absolute atomic E-state index is 0.0158. The molecule has 11 nitrogen and oxygen atoms in total. The Morgan fingerprint density at radius 2 is 2.05 bits per heavy atom. The first kappa shape index (κ1) is 27.9. The van der Waals surface area contributed by atoms with Crippen molar-refractivity contribution in [2.45, 2.75) is 63.5 Å². The first-order chi connectivity index (χ1) is 18.5. The molecule has 3 heterocycles. The van der Waals surface area contributed by atoms with Crippen molar-refractivity contribution >= 4 is 23.5 Å². The number of fused-ring (bicyclic) bond motifs is 2. The average Bonchev–Trinajstić information content (AvgIpc) is 3.40. The predicted molar refractivity (Wildman–Crippen MR) is 136 cm³/mol. The molecule has 3 aliphatic heterocycles. The third kappa shape index (κ3) is 6.11. The van der Waals surface area contributed by atoms with Crippen molar-refractivity contribution in [2.75, 3.05) is 45.0 Å². The van der Waals surface area contributed by atoms with Crippen molar-refractivity contribution in [1.29, 1.82) is 0 Å². The third-order valence-electron chi connectivity index (χ3n) is 6.90. The summed E-state index contributed by atoms with van der Waals surface area (Å²) < 4.78 is 29.2. The van der Waals surface area contributed by atoms with Gasteiger partial charge in [-0.1, -0.05) is 12.7 Å². The Morgan fingerprint density at radius 1 is 1.21 bits per heavy atom. The molecule has 1 aromatic rings. The van der Waals surface area contributed by atoms with Gasteiger partial charge >= 0.3 is 6.09 Å². The van der Waals surface area contributed by atoms with Crippen molar-refractivity contribution in [3.63, 3.8) is 0 Å². The maximum absolute atomic E-state index is 13.8. The second-order valence-electron chi connectivity index (χ2n) is 9.44. The molecule has 0 aromatic heterocycles. The van der Waals surface area contributed by atoms with Crippen molar-refractivity contribution in [3.8, 4) is 11.5 Å². The van der Waals surface area contributed by atoms with Gasteiger partial charge in [0, 0.05) is 25.6 Å². The third-order valence-corrected chi connectivity index (χ3v) is 6.90. The largest absolute Gasteiger partial charge is 0.493 e. The van der Waals surface area contributed by atoms with E-state index in [9.17, 15) is 14.4 Å². The Bertz CT molecular complexity index is 1020. The van der Waals surface area contributed by atoms with E-state index in [1.165, 1.54) is 18.1 Å². The van der Waals surface area contributed by atoms with Gasteiger partial charge in [-0.15, -0.1) is 0 Å². The molecule has 38 heavy (non-hydrogen) atoms. The van der Waals surface area contributed by atoms with E-state index in [1.54, 1.807) is 17.0 Å². The maximum Gasteiger partial charge on any atom is 0.416 e. The molecule has 3 unspecified atom stereocenters. The lowest BCUT2D eigenvalue weighted by Crippen LogP contribution is -2.54. The normalized spacial score (nSPS) is 22.8. The van der Waals surface area contributed by atoms with Crippen LogP contribution in [0.15, 0.2) is 24.8 Å². The van der Waals surface area contributed by atoms with Crippen LogP contribution in [0.4, 0.5) is 10.5 Å². The Labute approximate surface area is 222 Å². The van der Waals surface area contributed by atoms with Crippen LogP contribution >= 0.6 is 0 Å². The summed E-state index contributed by atoms with van der Waals surface area (Å²) in [5, 5.41) is 8.95. The zero-order valence-corrected chi connectivity index (χ0v) is 21.8. The van der Waals surface area contributed by atoms with Crippen LogP contribution in [0.2, 0.25) is 0 Å². The van der Waals surface area contributed by atoms with Gasteiger partial charge in [-0.25, -0.2) is 9.69 Å². The number of methoxy groups -OCH3 is 1. The van der Waals surface area contributed by atoms with E-state index in [2.05, 4.69) is 6.58 Å². The predicted octanol–water partition coefficient (Wildman–Crippen LogP) is 3.03. The highest BCUT2D eigenvalue weighted by molar-refractivity contribution is 6.06. The lowest BCUT2D eigenvalue weighted by Gasteiger charge is -2.38. The van der Waals surface area contributed by atoms with Crippen LogP contribution in [0.3, 0.4) is 0 Å². The Hall–Kier alpha value is -3.15. The molecule has 0 bridgehead atoms. The molecule has 0 spiro atoms. The van der Waals surface area contributed by atoms with Gasteiger partial charge in [0.15, 0.2) is 29.8 Å². The van der Waals surface area contributed by atoms with Crippen molar-refractivity contribution < 1.29 is 43.2 Å². The molecule has 2 fully saturated rings. The number of amides is 2. The number of Topliss-reactive ketones (excluding diaryl/α,β-unsaturated/α-hetero) is 1. The molecule has 1 N–H and O–H groups in total. The van der Waals surface area contributed by atoms with E-state index in [0.717, 1.165) is 19.3 Å². The average molecular weight is 533 g/mol. The summed E-state index contributed by atoms with van der Waals surface area (Å²) in [7, 11) is 1.46. The number of carbonyl (C=O) groups excluding carboxylic acids is 3. The van der Waals surface area contributed by atoms with Gasteiger partial charge < -0.3 is 33.7 Å². The fourth-order valence-corrected chi connectivity index (χ4v) is 5.06. The van der Waals surface area contributed by atoms with E-state index in [4.69, 9.17) is 28.8 Å². The van der Waals surface area contributed by atoms with Gasteiger partial charge in [-0.3, -0.25) is 9.59 Å². The molecule has 4 rings (SSSR count). The van der Waals surface area contributed by atoms with Gasteiger partial charge in [-0.2, -0.15) is 0 Å². The monoisotopic (exact) mass is 532 g/mol. The molecular weight excluding hydrogens is 496 g/mol. The molecule has 3 aliphatic rings. The Morgan fingerprint density at radius 3 is 2.76 bits per heavy atom. The number of rotatable bonds is 11. The highest BCUT2D eigenvalue weighted by Gasteiger charge is 2.47. The smallest absolute Gasteiger partial charge is 0.416 e. The number of ketones is 1. The molecule has 2 saturated heterocycles. The van der Waals surface area contributed by atoms with E-state index >= 15 is 0 Å². The molecule has 11 heteroatoms. The van der Waals surface area contributed by atoms with Gasteiger partial charge in [0.25, 0.3) is 5.91 Å². The number of aliphatic hydroxyl groups excluding tert-OH is 1. The van der Waals surface area contributed by atoms with E-state index in [0.29, 0.717) is 43.9 Å². The number of aliphatic hydroxyl groups is 1. The zero-order chi connectivity index (χ0) is 27.1. The van der Waals surface area contributed by atoms with Crippen LogP contribution in [-0.2, 0) is 19.0 Å². The highest BCUT2D eigenvalue weighted by atomic mass is 16.7. The molecule has 1 aromatic carbocycles. The van der Waals surface area contributed by atoms with E-state index < -0.39 is 31.3 Å². The SMILES string of the molecule is C=CCOC(=O)N1c2cc(OCCCC(=O)CO)c(OC)cc2C(=O)N2CCCC2C1OC1CCCCO1. The standard InChI is InChI=1S/C27H36N2O9/c1-3-12-37-27(33)29-21-16-23(35-14-7-8-18(31)17-30)22(34-2)15-19(21)25(32)28-11-6-9-20(28)26(29)38-24-10-4-5-13-36-24/h3,15-16,20,24,26,30H,1,4-14,17H2,2H3. The Balaban J connectivity index is 1.74. The van der Waals surface area contributed by atoms with Crippen LogP contribution in [-0.4, -0.2) is 86.4 Å². The van der Waals surface area contributed by atoms with Crippen molar-refractivity contribution in [3.05, 3.63) is 30.4 Å². The minimum Gasteiger partial charge on any atom is -0.493 e. The highest BCUT2D eigenvalue weighted by Crippen LogP contribution is 2.42. The van der Waals surface area contributed by atoms with Gasteiger partial charge in [-0.05, 0) is 44.6 Å². The summed E-state index contributed by atoms with van der Waals surface area (Å²) in [5.74, 6) is 0.0929. The second-order valence-corrected chi connectivity index (χ2v) is 9.44. The van der Waals surface area contributed by atoms with Crippen molar-refractivity contribution in [1.82, 2.24) is 4.90 Å². The maximum atomic E-state index is 13.8.